The minimum Gasteiger partial charge on any atom is -0.390 e. The van der Waals surface area contributed by atoms with Crippen LogP contribution in [0, 0.1) is 5.92 Å². The highest BCUT2D eigenvalue weighted by atomic mass is 16.3. The van der Waals surface area contributed by atoms with E-state index in [1.807, 2.05) is 6.07 Å². The van der Waals surface area contributed by atoms with E-state index in [0.29, 0.717) is 5.92 Å². The van der Waals surface area contributed by atoms with Gasteiger partial charge in [0, 0.05) is 17.8 Å². The van der Waals surface area contributed by atoms with Gasteiger partial charge < -0.3 is 10.2 Å². The SMILES string of the molecule is OC(C1CC1)C(O)C1CCCc2cccnc21. The highest BCUT2D eigenvalue weighted by Gasteiger charge is 2.39. The second-order valence-corrected chi connectivity index (χ2v) is 5.37. The van der Waals surface area contributed by atoms with Crippen LogP contribution < -0.4 is 0 Å². The molecule has 0 aliphatic heterocycles. The van der Waals surface area contributed by atoms with Gasteiger partial charge in [-0.3, -0.25) is 4.98 Å². The Bertz CT molecular complexity index is 403. The molecule has 0 aromatic carbocycles. The number of nitrogens with zero attached hydrogens (tertiary/aromatic N) is 1. The fraction of sp³-hybridized carbons (Fsp3) is 0.643. The van der Waals surface area contributed by atoms with Crippen LogP contribution >= 0.6 is 0 Å². The minimum absolute atomic E-state index is 0.0237. The second kappa shape index (κ2) is 4.39. The van der Waals surface area contributed by atoms with E-state index in [9.17, 15) is 10.2 Å². The highest BCUT2D eigenvalue weighted by molar-refractivity contribution is 5.27. The predicted octanol–water partition coefficient (Wildman–Crippen LogP) is 1.63. The minimum atomic E-state index is -0.642. The summed E-state index contributed by atoms with van der Waals surface area (Å²) in [5.41, 5.74) is 2.25. The summed E-state index contributed by atoms with van der Waals surface area (Å²) in [7, 11) is 0. The van der Waals surface area contributed by atoms with Gasteiger partial charge >= 0.3 is 0 Å². The van der Waals surface area contributed by atoms with Crippen LogP contribution in [0.25, 0.3) is 0 Å². The summed E-state index contributed by atoms with van der Waals surface area (Å²) in [5, 5.41) is 20.4. The topological polar surface area (TPSA) is 53.4 Å². The van der Waals surface area contributed by atoms with E-state index >= 15 is 0 Å². The molecule has 2 aliphatic carbocycles. The van der Waals surface area contributed by atoms with E-state index in [1.165, 1.54) is 5.56 Å². The Balaban J connectivity index is 1.83. The fourth-order valence-corrected chi connectivity index (χ4v) is 2.93. The van der Waals surface area contributed by atoms with Crippen molar-refractivity contribution in [1.82, 2.24) is 4.98 Å². The van der Waals surface area contributed by atoms with E-state index in [0.717, 1.165) is 37.8 Å². The standard InChI is InChI=1S/C14H19NO2/c16-13(10-6-7-10)14(17)11-5-1-3-9-4-2-8-15-12(9)11/h2,4,8,10-11,13-14,16-17H,1,3,5-7H2. The van der Waals surface area contributed by atoms with E-state index in [1.54, 1.807) is 6.20 Å². The Morgan fingerprint density at radius 2 is 2.00 bits per heavy atom. The maximum Gasteiger partial charge on any atom is 0.0885 e. The molecule has 3 heteroatoms. The van der Waals surface area contributed by atoms with Gasteiger partial charge in [0.2, 0.25) is 0 Å². The largest absolute Gasteiger partial charge is 0.390 e. The second-order valence-electron chi connectivity index (χ2n) is 5.37. The molecule has 3 rings (SSSR count). The number of aromatic nitrogens is 1. The fourth-order valence-electron chi connectivity index (χ4n) is 2.93. The molecule has 0 bridgehead atoms. The van der Waals surface area contributed by atoms with Gasteiger partial charge in [0.25, 0.3) is 0 Å². The van der Waals surface area contributed by atoms with Crippen molar-refractivity contribution in [2.75, 3.05) is 0 Å². The first-order valence-electron chi connectivity index (χ1n) is 6.57. The Morgan fingerprint density at radius 1 is 1.18 bits per heavy atom. The van der Waals surface area contributed by atoms with Crippen LogP contribution in [-0.4, -0.2) is 27.4 Å². The molecule has 3 nitrogen and oxygen atoms in total. The normalized spacial score (nSPS) is 27.3. The molecule has 1 heterocycles. The molecule has 2 aliphatic rings. The lowest BCUT2D eigenvalue weighted by molar-refractivity contribution is -0.0137. The number of aryl methyl sites for hydroxylation is 1. The van der Waals surface area contributed by atoms with E-state index in [4.69, 9.17) is 0 Å². The summed E-state index contributed by atoms with van der Waals surface area (Å²) in [6.45, 7) is 0. The van der Waals surface area contributed by atoms with Gasteiger partial charge in [-0.05, 0) is 49.7 Å². The monoisotopic (exact) mass is 233 g/mol. The zero-order valence-corrected chi connectivity index (χ0v) is 9.92. The maximum atomic E-state index is 10.3. The first-order chi connectivity index (χ1) is 8.27. The van der Waals surface area contributed by atoms with Gasteiger partial charge in [-0.25, -0.2) is 0 Å². The molecule has 17 heavy (non-hydrogen) atoms. The average molecular weight is 233 g/mol. The van der Waals surface area contributed by atoms with Gasteiger partial charge in [-0.2, -0.15) is 0 Å². The number of hydrogen-bond acceptors (Lipinski definition) is 3. The Labute approximate surface area is 102 Å². The van der Waals surface area contributed by atoms with Gasteiger partial charge in [0.1, 0.15) is 0 Å². The van der Waals surface area contributed by atoms with Gasteiger partial charge in [-0.15, -0.1) is 0 Å². The summed E-state index contributed by atoms with van der Waals surface area (Å²) in [4.78, 5) is 4.41. The highest BCUT2D eigenvalue weighted by Crippen LogP contribution is 2.40. The lowest BCUT2D eigenvalue weighted by Crippen LogP contribution is -2.35. The third kappa shape index (κ3) is 2.09. The molecule has 92 valence electrons. The summed E-state index contributed by atoms with van der Waals surface area (Å²) < 4.78 is 0. The lowest BCUT2D eigenvalue weighted by Gasteiger charge is -2.30. The van der Waals surface area contributed by atoms with Crippen molar-refractivity contribution in [2.24, 2.45) is 5.92 Å². The van der Waals surface area contributed by atoms with Crippen molar-refractivity contribution in [2.45, 2.75) is 50.2 Å². The first-order valence-corrected chi connectivity index (χ1v) is 6.57. The van der Waals surface area contributed by atoms with E-state index in [-0.39, 0.29) is 5.92 Å². The van der Waals surface area contributed by atoms with Crippen molar-refractivity contribution in [3.05, 3.63) is 29.6 Å². The maximum absolute atomic E-state index is 10.3. The third-order valence-corrected chi connectivity index (χ3v) is 4.11. The number of pyridine rings is 1. The molecule has 0 spiro atoms. The van der Waals surface area contributed by atoms with Crippen LogP contribution in [0.3, 0.4) is 0 Å². The smallest absolute Gasteiger partial charge is 0.0885 e. The Hall–Kier alpha value is -0.930. The van der Waals surface area contributed by atoms with Crippen LogP contribution in [0.5, 0.6) is 0 Å². The molecule has 3 atom stereocenters. The molecule has 2 N–H and O–H groups in total. The number of aliphatic hydroxyl groups excluding tert-OH is 2. The molecule has 1 aromatic heterocycles. The summed E-state index contributed by atoms with van der Waals surface area (Å²) in [5.74, 6) is 0.342. The van der Waals surface area contributed by atoms with Crippen molar-refractivity contribution < 1.29 is 10.2 Å². The van der Waals surface area contributed by atoms with Crippen LogP contribution in [0.2, 0.25) is 0 Å². The van der Waals surface area contributed by atoms with Crippen LogP contribution in [0.4, 0.5) is 0 Å². The molecule has 1 aromatic rings. The Kier molecular flexibility index (Phi) is 2.89. The molecule has 0 radical (unpaired) electrons. The number of rotatable bonds is 3. The summed E-state index contributed by atoms with van der Waals surface area (Å²) in [6, 6.07) is 4.04. The van der Waals surface area contributed by atoms with Crippen molar-refractivity contribution in [1.29, 1.82) is 0 Å². The molecular formula is C14H19NO2. The molecule has 1 saturated carbocycles. The summed E-state index contributed by atoms with van der Waals surface area (Å²) >= 11 is 0. The first kappa shape index (κ1) is 11.2. The van der Waals surface area contributed by atoms with Crippen molar-refractivity contribution in [3.63, 3.8) is 0 Å². The van der Waals surface area contributed by atoms with Crippen LogP contribution in [0.15, 0.2) is 18.3 Å². The predicted molar refractivity (Wildman–Crippen MR) is 64.7 cm³/mol. The Morgan fingerprint density at radius 3 is 2.76 bits per heavy atom. The number of fused-ring (bicyclic) bond motifs is 1. The molecule has 0 amide bonds. The number of hydrogen-bond donors (Lipinski definition) is 2. The van der Waals surface area contributed by atoms with Gasteiger partial charge in [-0.1, -0.05) is 6.07 Å². The van der Waals surface area contributed by atoms with E-state index in [2.05, 4.69) is 11.1 Å². The molecule has 0 saturated heterocycles. The molecular weight excluding hydrogens is 214 g/mol. The number of aliphatic hydroxyl groups is 2. The average Bonchev–Trinajstić information content (AvgIpc) is 3.20. The zero-order chi connectivity index (χ0) is 11.8. The van der Waals surface area contributed by atoms with Gasteiger partial charge in [0.05, 0.1) is 12.2 Å². The van der Waals surface area contributed by atoms with Crippen LogP contribution in [0.1, 0.15) is 42.9 Å². The quantitative estimate of drug-likeness (QED) is 0.834. The van der Waals surface area contributed by atoms with Gasteiger partial charge in [0.15, 0.2) is 0 Å². The molecule has 1 fully saturated rings. The van der Waals surface area contributed by atoms with Crippen LogP contribution in [-0.2, 0) is 6.42 Å². The van der Waals surface area contributed by atoms with E-state index < -0.39 is 12.2 Å². The lowest BCUT2D eigenvalue weighted by atomic mass is 9.81. The van der Waals surface area contributed by atoms with Crippen molar-refractivity contribution in [3.8, 4) is 0 Å². The molecule has 3 unspecified atom stereocenters. The zero-order valence-electron chi connectivity index (χ0n) is 9.92. The third-order valence-electron chi connectivity index (χ3n) is 4.11. The summed E-state index contributed by atoms with van der Waals surface area (Å²) in [6.07, 6.45) is 5.76. The van der Waals surface area contributed by atoms with Crippen molar-refractivity contribution >= 4 is 0 Å².